The average molecular weight is 412 g/mol. The van der Waals surface area contributed by atoms with Gasteiger partial charge in [0.15, 0.2) is 6.23 Å². The van der Waals surface area contributed by atoms with E-state index < -0.39 is 40.9 Å². The lowest BCUT2D eigenvalue weighted by Crippen LogP contribution is -2.34. The summed E-state index contributed by atoms with van der Waals surface area (Å²) >= 11 is 0. The molecule has 2 heterocycles. The molecule has 0 radical (unpaired) electrons. The second-order valence-corrected chi connectivity index (χ2v) is 8.13. The molecule has 0 spiro atoms. The van der Waals surface area contributed by atoms with E-state index in [1.165, 1.54) is 50.6 Å². The van der Waals surface area contributed by atoms with Crippen LogP contribution in [0.2, 0.25) is 0 Å². The van der Waals surface area contributed by atoms with Crippen molar-refractivity contribution in [3.63, 3.8) is 0 Å². The second-order valence-electron chi connectivity index (χ2n) is 5.68. The van der Waals surface area contributed by atoms with Gasteiger partial charge in [0, 0.05) is 23.2 Å². The lowest BCUT2D eigenvalue weighted by atomic mass is 10.2. The molecule has 4 atom stereocenters. The highest BCUT2D eigenvalue weighted by molar-refractivity contribution is 8.77. The Morgan fingerprint density at radius 1 is 1.33 bits per heavy atom. The number of hydrogen-bond donors (Lipinski definition) is 3. The molecule has 0 unspecified atom stereocenters. The van der Waals surface area contributed by atoms with Crippen molar-refractivity contribution < 1.29 is 19.9 Å². The van der Waals surface area contributed by atoms with Crippen LogP contribution in [0.4, 0.5) is 11.5 Å². The van der Waals surface area contributed by atoms with Crippen molar-refractivity contribution in [2.75, 3.05) is 12.3 Å². The van der Waals surface area contributed by atoms with Crippen LogP contribution < -0.4 is 11.4 Å². The first-order valence-corrected chi connectivity index (χ1v) is 9.99. The number of nitro benzene ring substituents is 1. The number of rotatable bonds is 6. The predicted molar refractivity (Wildman–Crippen MR) is 100 cm³/mol. The van der Waals surface area contributed by atoms with Gasteiger partial charge in [-0.1, -0.05) is 21.6 Å². The molecule has 3 rings (SSSR count). The van der Waals surface area contributed by atoms with E-state index in [1.54, 1.807) is 12.1 Å². The number of hydrogen-bond acceptors (Lipinski definition) is 10. The zero-order valence-electron chi connectivity index (χ0n) is 13.7. The van der Waals surface area contributed by atoms with Crippen LogP contribution in [0.1, 0.15) is 6.23 Å². The molecule has 10 nitrogen and oxygen atoms in total. The second kappa shape index (κ2) is 8.27. The molecule has 1 aliphatic rings. The maximum Gasteiger partial charge on any atom is 0.351 e. The van der Waals surface area contributed by atoms with Gasteiger partial charge in [-0.3, -0.25) is 14.7 Å². The fourth-order valence-electron chi connectivity index (χ4n) is 2.55. The molecule has 0 bridgehead atoms. The van der Waals surface area contributed by atoms with Crippen molar-refractivity contribution in [1.29, 1.82) is 0 Å². The Balaban J connectivity index is 1.79. The van der Waals surface area contributed by atoms with Gasteiger partial charge < -0.3 is 20.7 Å². The van der Waals surface area contributed by atoms with Crippen LogP contribution in [0.15, 0.2) is 46.2 Å². The Morgan fingerprint density at radius 2 is 2.04 bits per heavy atom. The fourth-order valence-corrected chi connectivity index (χ4v) is 5.23. The molecule has 1 saturated heterocycles. The van der Waals surface area contributed by atoms with Crippen LogP contribution >= 0.6 is 21.6 Å². The first kappa shape index (κ1) is 19.6. The lowest BCUT2D eigenvalue weighted by molar-refractivity contribution is -0.384. The van der Waals surface area contributed by atoms with E-state index in [-0.39, 0.29) is 11.5 Å². The third-order valence-corrected chi connectivity index (χ3v) is 6.75. The van der Waals surface area contributed by atoms with E-state index in [9.17, 15) is 25.1 Å². The number of benzene rings is 1. The molecule has 1 aliphatic heterocycles. The number of nitrogen functional groups attached to an aromatic ring is 1. The summed E-state index contributed by atoms with van der Waals surface area (Å²) in [4.78, 5) is 26.7. The number of aliphatic hydroxyl groups is 2. The number of aliphatic hydroxyl groups excluding tert-OH is 2. The molecular weight excluding hydrogens is 396 g/mol. The standard InChI is InChI=1S/C15H16N4O6S2/c16-11-5-6-18(15(22)17-11)14-13(12(21)10(7-20)25-14)27-26-9-3-1-8(2-4-9)19(23)24/h1-6,10,12-14,20-21H,7H2,(H2,16,17,22)/t10-,12-,13-,14-/m1/s1. The largest absolute Gasteiger partial charge is 0.394 e. The van der Waals surface area contributed by atoms with Crippen molar-refractivity contribution in [2.24, 2.45) is 0 Å². The third kappa shape index (κ3) is 4.25. The molecule has 144 valence electrons. The van der Waals surface area contributed by atoms with Crippen molar-refractivity contribution >= 4 is 33.1 Å². The van der Waals surface area contributed by atoms with Gasteiger partial charge in [0.2, 0.25) is 0 Å². The van der Waals surface area contributed by atoms with E-state index in [1.807, 2.05) is 0 Å². The number of non-ortho nitro benzene ring substituents is 1. The number of aromatic nitrogens is 2. The van der Waals surface area contributed by atoms with Crippen molar-refractivity contribution in [1.82, 2.24) is 9.55 Å². The van der Waals surface area contributed by atoms with Gasteiger partial charge in [-0.05, 0) is 18.2 Å². The van der Waals surface area contributed by atoms with E-state index in [0.717, 1.165) is 4.90 Å². The molecule has 0 aliphatic carbocycles. The quantitative estimate of drug-likeness (QED) is 0.352. The van der Waals surface area contributed by atoms with Crippen LogP contribution in [-0.2, 0) is 4.74 Å². The van der Waals surface area contributed by atoms with Crippen molar-refractivity contribution in [3.8, 4) is 0 Å². The Bertz CT molecular complexity index is 877. The van der Waals surface area contributed by atoms with E-state index in [0.29, 0.717) is 0 Å². The first-order chi connectivity index (χ1) is 12.9. The molecule has 12 heteroatoms. The minimum absolute atomic E-state index is 0.0219. The Morgan fingerprint density at radius 3 is 2.63 bits per heavy atom. The highest BCUT2D eigenvalue weighted by atomic mass is 33.1. The van der Waals surface area contributed by atoms with Crippen LogP contribution in [0.5, 0.6) is 0 Å². The summed E-state index contributed by atoms with van der Waals surface area (Å²) in [6, 6.07) is 7.38. The van der Waals surface area contributed by atoms with Crippen molar-refractivity contribution in [3.05, 3.63) is 57.1 Å². The maximum absolute atomic E-state index is 12.1. The summed E-state index contributed by atoms with van der Waals surface area (Å²) in [5.74, 6) is 0.0676. The Hall–Kier alpha value is -2.12. The Labute approximate surface area is 160 Å². The third-order valence-electron chi connectivity index (χ3n) is 3.92. The fraction of sp³-hybridized carbons (Fsp3) is 0.333. The summed E-state index contributed by atoms with van der Waals surface area (Å²) in [6.45, 7) is -0.409. The highest BCUT2D eigenvalue weighted by Crippen LogP contribution is 2.45. The maximum atomic E-state index is 12.1. The number of nitrogens with two attached hydrogens (primary N) is 1. The molecule has 1 aromatic heterocycles. The topological polar surface area (TPSA) is 154 Å². The summed E-state index contributed by atoms with van der Waals surface area (Å²) in [7, 11) is 2.51. The molecule has 2 aromatic rings. The van der Waals surface area contributed by atoms with E-state index in [4.69, 9.17) is 10.5 Å². The molecule has 0 saturated carbocycles. The number of ether oxygens (including phenoxy) is 1. The molecule has 0 amide bonds. The minimum Gasteiger partial charge on any atom is -0.394 e. The summed E-state index contributed by atoms with van der Waals surface area (Å²) in [6.07, 6.45) is -1.31. The Kier molecular flexibility index (Phi) is 6.01. The minimum atomic E-state index is -1.03. The predicted octanol–water partition coefficient (Wildman–Crippen LogP) is 0.793. The number of nitrogens with zero attached hydrogens (tertiary/aromatic N) is 3. The SMILES string of the molecule is Nc1ccn([C@@H]2O[C@H](CO)[C@@H](O)[C@H]2SSc2ccc([N+](=O)[O-])cc2)c(=O)n1. The zero-order valence-corrected chi connectivity index (χ0v) is 15.4. The zero-order chi connectivity index (χ0) is 19.6. The van der Waals surface area contributed by atoms with Gasteiger partial charge >= 0.3 is 5.69 Å². The van der Waals surface area contributed by atoms with Crippen LogP contribution in [0.25, 0.3) is 0 Å². The number of anilines is 1. The van der Waals surface area contributed by atoms with E-state index >= 15 is 0 Å². The van der Waals surface area contributed by atoms with E-state index in [2.05, 4.69) is 4.98 Å². The molecule has 4 N–H and O–H groups in total. The first-order valence-electron chi connectivity index (χ1n) is 7.77. The molecule has 1 aromatic carbocycles. The van der Waals surface area contributed by atoms with Crippen LogP contribution in [-0.4, -0.2) is 48.8 Å². The monoisotopic (exact) mass is 412 g/mol. The molecule has 27 heavy (non-hydrogen) atoms. The lowest BCUT2D eigenvalue weighted by Gasteiger charge is -2.20. The summed E-state index contributed by atoms with van der Waals surface area (Å²) in [5, 5.41) is 30.0. The van der Waals surface area contributed by atoms with Crippen LogP contribution in [0.3, 0.4) is 0 Å². The summed E-state index contributed by atoms with van der Waals surface area (Å²) < 4.78 is 6.85. The van der Waals surface area contributed by atoms with Gasteiger partial charge in [-0.2, -0.15) is 4.98 Å². The molecular formula is C15H16N4O6S2. The molecule has 1 fully saturated rings. The average Bonchev–Trinajstić information content (AvgIpc) is 2.96. The van der Waals surface area contributed by atoms with Gasteiger partial charge in [-0.25, -0.2) is 4.79 Å². The van der Waals surface area contributed by atoms with Gasteiger partial charge in [0.25, 0.3) is 5.69 Å². The van der Waals surface area contributed by atoms with Gasteiger partial charge in [-0.15, -0.1) is 0 Å². The normalized spacial score (nSPS) is 24.8. The van der Waals surface area contributed by atoms with Crippen LogP contribution in [0, 0.1) is 10.1 Å². The highest BCUT2D eigenvalue weighted by Gasteiger charge is 2.45. The smallest absolute Gasteiger partial charge is 0.351 e. The van der Waals surface area contributed by atoms with Gasteiger partial charge in [0.05, 0.1) is 22.9 Å². The van der Waals surface area contributed by atoms with Gasteiger partial charge in [0.1, 0.15) is 11.9 Å². The number of nitro groups is 1. The van der Waals surface area contributed by atoms with Crippen molar-refractivity contribution in [2.45, 2.75) is 28.6 Å². The summed E-state index contributed by atoms with van der Waals surface area (Å²) in [5.41, 5.74) is 4.85.